The maximum Gasteiger partial charge on any atom is 0.238 e. The summed E-state index contributed by atoms with van der Waals surface area (Å²) < 4.78 is 12.3. The normalized spacial score (nSPS) is 10.8. The number of hydrogen-bond donors (Lipinski definition) is 1. The molecule has 0 spiro atoms. The minimum Gasteiger partial charge on any atom is -0.497 e. The number of aromatic nitrogens is 2. The number of nitrogens with zero attached hydrogens (tertiary/aromatic N) is 3. The molecule has 0 atom stereocenters. The van der Waals surface area contributed by atoms with Gasteiger partial charge in [-0.2, -0.15) is 5.10 Å². The summed E-state index contributed by atoms with van der Waals surface area (Å²) in [5, 5.41) is 7.31. The van der Waals surface area contributed by atoms with Gasteiger partial charge in [0.1, 0.15) is 11.5 Å². The highest BCUT2D eigenvalue weighted by atomic mass is 16.5. The van der Waals surface area contributed by atoms with Crippen molar-refractivity contribution >= 4 is 11.6 Å². The largest absolute Gasteiger partial charge is 0.497 e. The summed E-state index contributed by atoms with van der Waals surface area (Å²) in [6, 6.07) is 5.28. The number of hydrogen-bond acceptors (Lipinski definition) is 5. The van der Waals surface area contributed by atoms with E-state index in [1.54, 1.807) is 32.4 Å². The molecule has 0 aliphatic heterocycles. The number of ether oxygens (including phenoxy) is 2. The molecule has 1 heterocycles. The quantitative estimate of drug-likeness (QED) is 0.794. The molecule has 7 nitrogen and oxygen atoms in total. The van der Waals surface area contributed by atoms with Crippen LogP contribution in [0.2, 0.25) is 0 Å². The summed E-state index contributed by atoms with van der Waals surface area (Å²) in [4.78, 5) is 14.3. The summed E-state index contributed by atoms with van der Waals surface area (Å²) in [5.41, 5.74) is 2.76. The molecule has 0 saturated heterocycles. The van der Waals surface area contributed by atoms with Gasteiger partial charge < -0.3 is 14.8 Å². The maximum absolute atomic E-state index is 12.3. The second-order valence-electron chi connectivity index (χ2n) is 5.92. The summed E-state index contributed by atoms with van der Waals surface area (Å²) in [7, 11) is 5.06. The summed E-state index contributed by atoms with van der Waals surface area (Å²) in [6.45, 7) is 5.81. The Morgan fingerprint density at radius 1 is 1.24 bits per heavy atom. The molecule has 0 unspecified atom stereocenters. The zero-order chi connectivity index (χ0) is 18.4. The first-order valence-corrected chi connectivity index (χ1v) is 8.19. The number of carbonyl (C=O) groups excluding carboxylic acids is 1. The van der Waals surface area contributed by atoms with Crippen LogP contribution in [-0.4, -0.2) is 48.4 Å². The minimum absolute atomic E-state index is 0.0988. The molecule has 2 rings (SSSR count). The number of methoxy groups -OCH3 is 2. The summed E-state index contributed by atoms with van der Waals surface area (Å²) in [6.07, 6.45) is 2.02. The fraction of sp³-hybridized carbons (Fsp3) is 0.444. The summed E-state index contributed by atoms with van der Waals surface area (Å²) >= 11 is 0. The van der Waals surface area contributed by atoms with E-state index in [9.17, 15) is 4.79 Å². The second-order valence-corrected chi connectivity index (χ2v) is 5.92. The Bertz CT molecular complexity index is 705. The Morgan fingerprint density at radius 2 is 1.88 bits per heavy atom. The van der Waals surface area contributed by atoms with Crippen LogP contribution in [0.4, 0.5) is 5.69 Å². The molecule has 1 aromatic heterocycles. The van der Waals surface area contributed by atoms with Gasteiger partial charge >= 0.3 is 0 Å². The predicted octanol–water partition coefficient (Wildman–Crippen LogP) is 2.30. The van der Waals surface area contributed by atoms with Gasteiger partial charge in [-0.1, -0.05) is 0 Å². The monoisotopic (exact) mass is 346 g/mol. The number of amides is 1. The van der Waals surface area contributed by atoms with Crippen molar-refractivity contribution < 1.29 is 14.3 Å². The number of benzene rings is 1. The molecule has 2 aromatic rings. The lowest BCUT2D eigenvalue weighted by Gasteiger charge is -2.16. The Hall–Kier alpha value is -2.54. The van der Waals surface area contributed by atoms with Crippen LogP contribution in [0.5, 0.6) is 11.5 Å². The van der Waals surface area contributed by atoms with Gasteiger partial charge in [0.05, 0.1) is 26.5 Å². The van der Waals surface area contributed by atoms with Crippen molar-refractivity contribution in [2.75, 3.05) is 33.1 Å². The van der Waals surface area contributed by atoms with Gasteiger partial charge in [-0.05, 0) is 20.9 Å². The topological polar surface area (TPSA) is 68.6 Å². The molecule has 0 aliphatic rings. The van der Waals surface area contributed by atoms with Gasteiger partial charge in [-0.3, -0.25) is 14.4 Å². The van der Waals surface area contributed by atoms with Crippen molar-refractivity contribution in [1.29, 1.82) is 0 Å². The molecule has 0 bridgehead atoms. The van der Waals surface area contributed by atoms with Crippen LogP contribution in [0.1, 0.15) is 18.2 Å². The highest BCUT2D eigenvalue weighted by Gasteiger charge is 2.12. The average Bonchev–Trinajstić information content (AvgIpc) is 2.93. The molecule has 1 aromatic carbocycles. The van der Waals surface area contributed by atoms with Crippen molar-refractivity contribution in [2.24, 2.45) is 0 Å². The van der Waals surface area contributed by atoms with Crippen LogP contribution >= 0.6 is 0 Å². The van der Waals surface area contributed by atoms with Crippen LogP contribution in [0.25, 0.3) is 0 Å². The van der Waals surface area contributed by atoms with Crippen LogP contribution in [0, 0.1) is 6.92 Å². The van der Waals surface area contributed by atoms with Crippen LogP contribution in [0.3, 0.4) is 0 Å². The predicted molar refractivity (Wildman–Crippen MR) is 97.1 cm³/mol. The van der Waals surface area contributed by atoms with Gasteiger partial charge in [0.15, 0.2) is 0 Å². The standard InChI is InChI=1S/C18H26N4O3/c1-6-22-11-14(13(2)20-22)10-21(3)12-18(23)19-15-7-16(24-4)9-17(8-15)25-5/h7-9,11H,6,10,12H2,1-5H3,(H,19,23). The molecule has 1 amide bonds. The number of anilines is 1. The van der Waals surface area contributed by atoms with E-state index < -0.39 is 0 Å². The van der Waals surface area contributed by atoms with Crippen molar-refractivity contribution in [2.45, 2.75) is 26.9 Å². The first-order chi connectivity index (χ1) is 11.9. The zero-order valence-electron chi connectivity index (χ0n) is 15.5. The van der Waals surface area contributed by atoms with Crippen LogP contribution in [-0.2, 0) is 17.9 Å². The van der Waals surface area contributed by atoms with E-state index in [1.807, 2.05) is 29.7 Å². The molecule has 0 radical (unpaired) electrons. The lowest BCUT2D eigenvalue weighted by atomic mass is 10.2. The number of rotatable bonds is 8. The smallest absolute Gasteiger partial charge is 0.238 e. The number of carbonyl (C=O) groups is 1. The van der Waals surface area contributed by atoms with Crippen molar-refractivity contribution in [1.82, 2.24) is 14.7 Å². The van der Waals surface area contributed by atoms with E-state index in [-0.39, 0.29) is 12.5 Å². The number of aryl methyl sites for hydroxylation is 2. The molecule has 0 fully saturated rings. The highest BCUT2D eigenvalue weighted by Crippen LogP contribution is 2.25. The molecule has 25 heavy (non-hydrogen) atoms. The molecular weight excluding hydrogens is 320 g/mol. The number of likely N-dealkylation sites (N-methyl/N-ethyl adjacent to an activating group) is 1. The molecule has 7 heteroatoms. The van der Waals surface area contributed by atoms with Crippen molar-refractivity contribution in [3.63, 3.8) is 0 Å². The van der Waals surface area contributed by atoms with Gasteiger partial charge in [0, 0.05) is 48.7 Å². The Morgan fingerprint density at radius 3 is 2.40 bits per heavy atom. The zero-order valence-corrected chi connectivity index (χ0v) is 15.5. The third-order valence-electron chi connectivity index (χ3n) is 3.86. The summed E-state index contributed by atoms with van der Waals surface area (Å²) in [5.74, 6) is 1.16. The maximum atomic E-state index is 12.3. The molecule has 0 aliphatic carbocycles. The molecular formula is C18H26N4O3. The van der Waals surface area contributed by atoms with Crippen LogP contribution < -0.4 is 14.8 Å². The van der Waals surface area contributed by atoms with Gasteiger partial charge in [-0.15, -0.1) is 0 Å². The van der Waals surface area contributed by atoms with E-state index in [1.165, 1.54) is 0 Å². The van der Waals surface area contributed by atoms with Gasteiger partial charge in [0.2, 0.25) is 5.91 Å². The molecule has 1 N–H and O–H groups in total. The fourth-order valence-electron chi connectivity index (χ4n) is 2.55. The Kier molecular flexibility index (Phi) is 6.41. The minimum atomic E-state index is -0.0988. The highest BCUT2D eigenvalue weighted by molar-refractivity contribution is 5.92. The lowest BCUT2D eigenvalue weighted by molar-refractivity contribution is -0.117. The number of nitrogens with one attached hydrogen (secondary N) is 1. The Labute approximate surface area is 148 Å². The fourth-order valence-corrected chi connectivity index (χ4v) is 2.55. The third-order valence-corrected chi connectivity index (χ3v) is 3.86. The lowest BCUT2D eigenvalue weighted by Crippen LogP contribution is -2.29. The van der Waals surface area contributed by atoms with E-state index in [2.05, 4.69) is 17.3 Å². The van der Waals surface area contributed by atoms with Crippen molar-refractivity contribution in [3.8, 4) is 11.5 Å². The van der Waals surface area contributed by atoms with Crippen molar-refractivity contribution in [3.05, 3.63) is 35.7 Å². The second kappa shape index (κ2) is 8.53. The SMILES string of the molecule is CCn1cc(CN(C)CC(=O)Nc2cc(OC)cc(OC)c2)c(C)n1. The first kappa shape index (κ1) is 18.8. The van der Waals surface area contributed by atoms with Crippen LogP contribution in [0.15, 0.2) is 24.4 Å². The Balaban J connectivity index is 1.96. The average molecular weight is 346 g/mol. The van der Waals surface area contributed by atoms with E-state index in [4.69, 9.17) is 9.47 Å². The molecule has 136 valence electrons. The van der Waals surface area contributed by atoms with Gasteiger partial charge in [-0.25, -0.2) is 0 Å². The van der Waals surface area contributed by atoms with E-state index in [0.29, 0.717) is 23.7 Å². The van der Waals surface area contributed by atoms with Gasteiger partial charge in [0.25, 0.3) is 0 Å². The van der Waals surface area contributed by atoms with E-state index >= 15 is 0 Å². The van der Waals surface area contributed by atoms with E-state index in [0.717, 1.165) is 17.8 Å². The third kappa shape index (κ3) is 5.22. The first-order valence-electron chi connectivity index (χ1n) is 8.19. The molecule has 0 saturated carbocycles.